The maximum Gasteiger partial charge on any atom is 0.300 e. The molecule has 0 heterocycles. The molecule has 3 aromatic rings. The van der Waals surface area contributed by atoms with Gasteiger partial charge >= 0.3 is 8.32 Å². The summed E-state index contributed by atoms with van der Waals surface area (Å²) in [4.78, 5) is 0. The van der Waals surface area contributed by atoms with E-state index in [1.54, 1.807) is 0 Å². The van der Waals surface area contributed by atoms with E-state index >= 15 is 0 Å². The number of halogens is 1. The molecule has 21 heavy (non-hydrogen) atoms. The fourth-order valence-electron chi connectivity index (χ4n) is 2.65. The Hall–Kier alpha value is -1.43. The molecule has 0 fully saturated rings. The lowest BCUT2D eigenvalue weighted by Crippen LogP contribution is -2.67. The van der Waals surface area contributed by atoms with E-state index in [1.165, 1.54) is 15.6 Å². The molecule has 0 unspecified atom stereocenters. The van der Waals surface area contributed by atoms with Gasteiger partial charge in [0.05, 0.1) is 23.0 Å². The van der Waals surface area contributed by atoms with Gasteiger partial charge in [0.25, 0.3) is 0 Å². The van der Waals surface area contributed by atoms with Crippen molar-refractivity contribution in [2.75, 3.05) is 0 Å². The van der Waals surface area contributed by atoms with Gasteiger partial charge in [-0.25, -0.2) is 0 Å². The van der Waals surface area contributed by atoms with Gasteiger partial charge in [-0.2, -0.15) is 0 Å². The zero-order chi connectivity index (χ0) is 14.5. The maximum absolute atomic E-state index is 6.20. The van der Waals surface area contributed by atoms with Gasteiger partial charge in [0.15, 0.2) is 0 Å². The molecule has 0 radical (unpaired) electrons. The fourth-order valence-corrected chi connectivity index (χ4v) is 8.19. The Morgan fingerprint density at radius 1 is 0.524 bits per heavy atom. The minimum Gasteiger partial charge on any atom is -0.342 e. The Labute approximate surface area is 140 Å². The first-order valence-corrected chi connectivity index (χ1v) is 9.63. The van der Waals surface area contributed by atoms with Crippen LogP contribution in [-0.2, 0) is 2.76 Å². The summed E-state index contributed by atoms with van der Waals surface area (Å²) in [5, 5.41) is 3.78. The second-order valence-electron chi connectivity index (χ2n) is 4.86. The molecule has 104 valence electrons. The standard InChI is InChI=1S/C18H15IOSi/c19-20-21(16-10-4-1-5-11-16,17-12-6-2-7-13-17)18-14-8-3-9-15-18/h1-15H. The van der Waals surface area contributed by atoms with Crippen molar-refractivity contribution in [3.05, 3.63) is 91.0 Å². The van der Waals surface area contributed by atoms with Crippen LogP contribution in [-0.4, -0.2) is 8.32 Å². The first kappa shape index (κ1) is 14.5. The minimum absolute atomic E-state index is 1.26. The third-order valence-corrected chi connectivity index (χ3v) is 9.31. The average Bonchev–Trinajstić information content (AvgIpc) is 2.59. The van der Waals surface area contributed by atoms with Crippen LogP contribution < -0.4 is 15.6 Å². The lowest BCUT2D eigenvalue weighted by molar-refractivity contribution is 0.753. The smallest absolute Gasteiger partial charge is 0.300 e. The Morgan fingerprint density at radius 3 is 1.05 bits per heavy atom. The van der Waals surface area contributed by atoms with Crippen molar-refractivity contribution in [2.45, 2.75) is 0 Å². The van der Waals surface area contributed by atoms with Gasteiger partial charge in [-0.15, -0.1) is 0 Å². The van der Waals surface area contributed by atoms with Crippen molar-refractivity contribution >= 4 is 46.9 Å². The van der Waals surface area contributed by atoms with E-state index in [0.29, 0.717) is 0 Å². The van der Waals surface area contributed by atoms with E-state index in [0.717, 1.165) is 0 Å². The molecule has 0 aliphatic carbocycles. The molecule has 3 aromatic carbocycles. The van der Waals surface area contributed by atoms with Crippen LogP contribution >= 0.6 is 23.0 Å². The highest BCUT2D eigenvalue weighted by molar-refractivity contribution is 14.1. The van der Waals surface area contributed by atoms with Gasteiger partial charge in [-0.1, -0.05) is 91.0 Å². The summed E-state index contributed by atoms with van der Waals surface area (Å²) < 4.78 is 6.20. The maximum atomic E-state index is 6.20. The van der Waals surface area contributed by atoms with Gasteiger partial charge in [0.1, 0.15) is 0 Å². The monoisotopic (exact) mass is 402 g/mol. The van der Waals surface area contributed by atoms with E-state index in [-0.39, 0.29) is 0 Å². The summed E-state index contributed by atoms with van der Waals surface area (Å²) in [7, 11) is -2.41. The quantitative estimate of drug-likeness (QED) is 0.371. The molecular formula is C18H15IOSi. The van der Waals surface area contributed by atoms with Crippen molar-refractivity contribution in [3.8, 4) is 0 Å². The summed E-state index contributed by atoms with van der Waals surface area (Å²) >= 11 is 2.07. The zero-order valence-corrected chi connectivity index (χ0v) is 14.6. The van der Waals surface area contributed by atoms with E-state index in [2.05, 4.69) is 95.8 Å². The summed E-state index contributed by atoms with van der Waals surface area (Å²) in [5.74, 6) is 0. The molecule has 0 saturated heterocycles. The van der Waals surface area contributed by atoms with Gasteiger partial charge < -0.3 is 2.76 Å². The topological polar surface area (TPSA) is 9.23 Å². The van der Waals surface area contributed by atoms with Crippen LogP contribution in [0.25, 0.3) is 0 Å². The largest absolute Gasteiger partial charge is 0.342 e. The molecule has 0 aromatic heterocycles. The van der Waals surface area contributed by atoms with Crippen LogP contribution in [0.2, 0.25) is 0 Å². The first-order chi connectivity index (χ1) is 10.4. The van der Waals surface area contributed by atoms with Crippen LogP contribution in [0.15, 0.2) is 91.0 Å². The molecule has 0 bridgehead atoms. The highest BCUT2D eigenvalue weighted by Gasteiger charge is 2.41. The molecule has 0 aliphatic heterocycles. The van der Waals surface area contributed by atoms with E-state index in [9.17, 15) is 0 Å². The summed E-state index contributed by atoms with van der Waals surface area (Å²) in [6.07, 6.45) is 0. The molecule has 0 aliphatic rings. The average molecular weight is 402 g/mol. The molecule has 0 atom stereocenters. The number of hydrogen-bond donors (Lipinski definition) is 0. The lowest BCUT2D eigenvalue weighted by atomic mass is 10.3. The van der Waals surface area contributed by atoms with Crippen molar-refractivity contribution < 1.29 is 2.76 Å². The molecule has 3 rings (SSSR count). The second-order valence-corrected chi connectivity index (χ2v) is 9.43. The van der Waals surface area contributed by atoms with Gasteiger partial charge in [-0.05, 0) is 15.6 Å². The van der Waals surface area contributed by atoms with Crippen LogP contribution in [0, 0.1) is 0 Å². The third-order valence-electron chi connectivity index (χ3n) is 3.66. The van der Waals surface area contributed by atoms with E-state index < -0.39 is 8.32 Å². The summed E-state index contributed by atoms with van der Waals surface area (Å²) in [6.45, 7) is 0. The summed E-state index contributed by atoms with van der Waals surface area (Å²) in [5.41, 5.74) is 0. The molecule has 0 spiro atoms. The molecule has 0 saturated carbocycles. The lowest BCUT2D eigenvalue weighted by Gasteiger charge is -2.29. The Morgan fingerprint density at radius 2 is 0.810 bits per heavy atom. The highest BCUT2D eigenvalue weighted by Crippen LogP contribution is 2.12. The van der Waals surface area contributed by atoms with Crippen molar-refractivity contribution in [2.24, 2.45) is 0 Å². The van der Waals surface area contributed by atoms with E-state index in [4.69, 9.17) is 2.76 Å². The van der Waals surface area contributed by atoms with Gasteiger partial charge in [-0.3, -0.25) is 0 Å². The van der Waals surface area contributed by atoms with E-state index in [1.807, 2.05) is 18.2 Å². The number of benzene rings is 3. The Balaban J connectivity index is 2.29. The van der Waals surface area contributed by atoms with Crippen LogP contribution in [0.5, 0.6) is 0 Å². The molecule has 0 N–H and O–H groups in total. The van der Waals surface area contributed by atoms with Crippen LogP contribution in [0.4, 0.5) is 0 Å². The first-order valence-electron chi connectivity index (χ1n) is 6.84. The molecular weight excluding hydrogens is 387 g/mol. The molecule has 1 nitrogen and oxygen atoms in total. The minimum atomic E-state index is -2.41. The van der Waals surface area contributed by atoms with Crippen molar-refractivity contribution in [3.63, 3.8) is 0 Å². The predicted molar refractivity (Wildman–Crippen MR) is 99.1 cm³/mol. The second kappa shape index (κ2) is 6.55. The normalized spacial score (nSPS) is 11.3. The predicted octanol–water partition coefficient (Wildman–Crippen LogP) is 3.02. The van der Waals surface area contributed by atoms with Crippen molar-refractivity contribution in [1.29, 1.82) is 0 Å². The van der Waals surface area contributed by atoms with Gasteiger partial charge in [0.2, 0.25) is 0 Å². The van der Waals surface area contributed by atoms with Gasteiger partial charge in [0, 0.05) is 0 Å². The highest BCUT2D eigenvalue weighted by atomic mass is 127. The molecule has 0 amide bonds. The van der Waals surface area contributed by atoms with Crippen LogP contribution in [0.3, 0.4) is 0 Å². The van der Waals surface area contributed by atoms with Crippen LogP contribution in [0.1, 0.15) is 0 Å². The Kier molecular flexibility index (Phi) is 4.53. The summed E-state index contributed by atoms with van der Waals surface area (Å²) in [6, 6.07) is 31.7. The zero-order valence-electron chi connectivity index (χ0n) is 11.4. The van der Waals surface area contributed by atoms with Crippen molar-refractivity contribution in [1.82, 2.24) is 0 Å². The SMILES string of the molecule is IO[Si](c1ccccc1)(c1ccccc1)c1ccccc1. The Bertz CT molecular complexity index is 590. The number of hydrogen-bond acceptors (Lipinski definition) is 1. The number of rotatable bonds is 4. The third kappa shape index (κ3) is 2.68. The molecule has 3 heteroatoms. The fraction of sp³-hybridized carbons (Fsp3) is 0.